The molecule has 114 valence electrons. The van der Waals surface area contributed by atoms with E-state index in [1.807, 2.05) is 6.07 Å². The van der Waals surface area contributed by atoms with Crippen LogP contribution >= 0.6 is 0 Å². The fourth-order valence-electron chi connectivity index (χ4n) is 2.69. The van der Waals surface area contributed by atoms with Crippen LogP contribution in [0.15, 0.2) is 18.2 Å². The number of hydrogen-bond acceptors (Lipinski definition) is 3. The first-order valence-electron chi connectivity index (χ1n) is 7.60. The van der Waals surface area contributed by atoms with Crippen molar-refractivity contribution in [3.05, 3.63) is 23.8 Å². The molecule has 1 aromatic rings. The molecule has 0 radical (unpaired) electrons. The predicted octanol–water partition coefficient (Wildman–Crippen LogP) is 3.83. The largest absolute Gasteiger partial charge is 0.493 e. The number of likely N-dealkylation sites (N-methyl/N-ethyl adjacent to an activating group) is 1. The van der Waals surface area contributed by atoms with Crippen LogP contribution in [0.4, 0.5) is 0 Å². The highest BCUT2D eigenvalue weighted by molar-refractivity contribution is 5.44. The van der Waals surface area contributed by atoms with Gasteiger partial charge in [-0.2, -0.15) is 0 Å². The van der Waals surface area contributed by atoms with E-state index in [2.05, 4.69) is 38.2 Å². The minimum absolute atomic E-state index is 0.509. The van der Waals surface area contributed by atoms with Crippen LogP contribution in [0.5, 0.6) is 11.5 Å². The predicted molar refractivity (Wildman–Crippen MR) is 84.9 cm³/mol. The van der Waals surface area contributed by atoms with Crippen LogP contribution in [0.25, 0.3) is 0 Å². The van der Waals surface area contributed by atoms with Gasteiger partial charge in [-0.1, -0.05) is 39.7 Å². The molecule has 0 heterocycles. The van der Waals surface area contributed by atoms with Gasteiger partial charge in [0.2, 0.25) is 0 Å². The third-order valence-electron chi connectivity index (χ3n) is 3.88. The minimum atomic E-state index is 0.509. The van der Waals surface area contributed by atoms with E-state index in [1.165, 1.54) is 18.4 Å². The van der Waals surface area contributed by atoms with Crippen LogP contribution in [0.2, 0.25) is 0 Å². The van der Waals surface area contributed by atoms with Gasteiger partial charge in [-0.25, -0.2) is 0 Å². The highest BCUT2D eigenvalue weighted by atomic mass is 16.5. The molecule has 20 heavy (non-hydrogen) atoms. The second-order valence-electron chi connectivity index (χ2n) is 5.29. The lowest BCUT2D eigenvalue weighted by atomic mass is 9.84. The van der Waals surface area contributed by atoms with Crippen molar-refractivity contribution in [1.82, 2.24) is 5.32 Å². The fourth-order valence-corrected chi connectivity index (χ4v) is 2.69. The standard InChI is InChI=1S/C17H29NO2/c1-6-8-13(3)15(12-18-7-2)14-9-10-16(19-4)17(11-14)20-5/h9-11,13,15,18H,6-8,12H2,1-5H3. The Morgan fingerprint density at radius 2 is 1.80 bits per heavy atom. The van der Waals surface area contributed by atoms with Gasteiger partial charge in [-0.05, 0) is 36.1 Å². The van der Waals surface area contributed by atoms with E-state index in [0.29, 0.717) is 11.8 Å². The zero-order valence-electron chi connectivity index (χ0n) is 13.5. The summed E-state index contributed by atoms with van der Waals surface area (Å²) >= 11 is 0. The Labute approximate surface area is 123 Å². The van der Waals surface area contributed by atoms with Gasteiger partial charge in [-0.3, -0.25) is 0 Å². The highest BCUT2D eigenvalue weighted by Crippen LogP contribution is 2.34. The topological polar surface area (TPSA) is 30.5 Å². The van der Waals surface area contributed by atoms with Gasteiger partial charge in [0, 0.05) is 6.54 Å². The van der Waals surface area contributed by atoms with Crippen molar-refractivity contribution in [2.45, 2.75) is 39.5 Å². The highest BCUT2D eigenvalue weighted by Gasteiger charge is 2.20. The maximum absolute atomic E-state index is 5.43. The van der Waals surface area contributed by atoms with Crippen molar-refractivity contribution < 1.29 is 9.47 Å². The van der Waals surface area contributed by atoms with Crippen LogP contribution < -0.4 is 14.8 Å². The van der Waals surface area contributed by atoms with Crippen molar-refractivity contribution >= 4 is 0 Å². The normalized spacial score (nSPS) is 13.8. The third-order valence-corrected chi connectivity index (χ3v) is 3.88. The van der Waals surface area contributed by atoms with Gasteiger partial charge in [0.15, 0.2) is 11.5 Å². The summed E-state index contributed by atoms with van der Waals surface area (Å²) in [5.74, 6) is 2.77. The fraction of sp³-hybridized carbons (Fsp3) is 0.647. The van der Waals surface area contributed by atoms with Gasteiger partial charge in [0.1, 0.15) is 0 Å². The lowest BCUT2D eigenvalue weighted by molar-refractivity contribution is 0.352. The molecule has 2 atom stereocenters. The first-order chi connectivity index (χ1) is 9.67. The molecule has 0 spiro atoms. The number of methoxy groups -OCH3 is 2. The number of nitrogens with one attached hydrogen (secondary N) is 1. The summed E-state index contributed by atoms with van der Waals surface area (Å²) in [7, 11) is 3.36. The van der Waals surface area contributed by atoms with E-state index in [0.717, 1.165) is 24.6 Å². The number of rotatable bonds is 9. The molecule has 0 aliphatic heterocycles. The smallest absolute Gasteiger partial charge is 0.160 e. The Bertz CT molecular complexity index is 393. The molecule has 0 amide bonds. The molecule has 0 aromatic heterocycles. The summed E-state index contributed by atoms with van der Waals surface area (Å²) in [6.45, 7) is 8.74. The van der Waals surface area contributed by atoms with Crippen LogP contribution in [0, 0.1) is 5.92 Å². The first kappa shape index (κ1) is 16.8. The quantitative estimate of drug-likeness (QED) is 0.745. The summed E-state index contributed by atoms with van der Waals surface area (Å²) in [4.78, 5) is 0. The van der Waals surface area contributed by atoms with Gasteiger partial charge in [0.05, 0.1) is 14.2 Å². The average Bonchev–Trinajstić information content (AvgIpc) is 2.47. The van der Waals surface area contributed by atoms with Crippen molar-refractivity contribution in [2.75, 3.05) is 27.3 Å². The van der Waals surface area contributed by atoms with Gasteiger partial charge in [-0.15, -0.1) is 0 Å². The first-order valence-corrected chi connectivity index (χ1v) is 7.60. The Kier molecular flexibility index (Phi) is 7.45. The summed E-state index contributed by atoms with van der Waals surface area (Å²) in [6.07, 6.45) is 2.46. The Morgan fingerprint density at radius 1 is 1.10 bits per heavy atom. The molecule has 0 aliphatic carbocycles. The van der Waals surface area contributed by atoms with E-state index < -0.39 is 0 Å². The Morgan fingerprint density at radius 3 is 2.35 bits per heavy atom. The molecule has 0 bridgehead atoms. The molecule has 3 nitrogen and oxygen atoms in total. The molecular weight excluding hydrogens is 250 g/mol. The van der Waals surface area contributed by atoms with Crippen molar-refractivity contribution in [2.24, 2.45) is 5.92 Å². The molecule has 1 rings (SSSR count). The van der Waals surface area contributed by atoms with E-state index >= 15 is 0 Å². The van der Waals surface area contributed by atoms with Crippen molar-refractivity contribution in [3.63, 3.8) is 0 Å². The zero-order valence-corrected chi connectivity index (χ0v) is 13.5. The maximum atomic E-state index is 5.43. The van der Waals surface area contributed by atoms with Crippen molar-refractivity contribution in [1.29, 1.82) is 0 Å². The van der Waals surface area contributed by atoms with E-state index in [4.69, 9.17) is 9.47 Å². The van der Waals surface area contributed by atoms with E-state index in [-0.39, 0.29) is 0 Å². The van der Waals surface area contributed by atoms with Gasteiger partial charge in [0.25, 0.3) is 0 Å². The zero-order chi connectivity index (χ0) is 15.0. The van der Waals surface area contributed by atoms with E-state index in [1.54, 1.807) is 14.2 Å². The van der Waals surface area contributed by atoms with Crippen LogP contribution in [0.1, 0.15) is 45.1 Å². The molecule has 0 saturated carbocycles. The Hall–Kier alpha value is -1.22. The summed E-state index contributed by atoms with van der Waals surface area (Å²) in [5, 5.41) is 3.48. The maximum Gasteiger partial charge on any atom is 0.160 e. The number of benzene rings is 1. The second-order valence-corrected chi connectivity index (χ2v) is 5.29. The van der Waals surface area contributed by atoms with Crippen molar-refractivity contribution in [3.8, 4) is 11.5 Å². The monoisotopic (exact) mass is 279 g/mol. The lowest BCUT2D eigenvalue weighted by Gasteiger charge is -2.25. The SMILES string of the molecule is CCCC(C)C(CNCC)c1ccc(OC)c(OC)c1. The van der Waals surface area contributed by atoms with Crippen LogP contribution in [-0.4, -0.2) is 27.3 Å². The molecule has 0 fully saturated rings. The third kappa shape index (κ3) is 4.41. The second kappa shape index (κ2) is 8.85. The van der Waals surface area contributed by atoms with Crippen LogP contribution in [-0.2, 0) is 0 Å². The summed E-state index contributed by atoms with van der Waals surface area (Å²) < 4.78 is 10.7. The number of hydrogen-bond donors (Lipinski definition) is 1. The van der Waals surface area contributed by atoms with Gasteiger partial charge < -0.3 is 14.8 Å². The van der Waals surface area contributed by atoms with E-state index in [9.17, 15) is 0 Å². The summed E-state index contributed by atoms with van der Waals surface area (Å²) in [6, 6.07) is 6.29. The molecule has 1 aromatic carbocycles. The number of ether oxygens (including phenoxy) is 2. The molecule has 3 heteroatoms. The van der Waals surface area contributed by atoms with Gasteiger partial charge >= 0.3 is 0 Å². The molecule has 0 aliphatic rings. The molecule has 0 saturated heterocycles. The Balaban J connectivity index is 2.99. The molecule has 2 unspecified atom stereocenters. The van der Waals surface area contributed by atoms with Crippen LogP contribution in [0.3, 0.4) is 0 Å². The lowest BCUT2D eigenvalue weighted by Crippen LogP contribution is -2.25. The summed E-state index contributed by atoms with van der Waals surface area (Å²) in [5.41, 5.74) is 1.32. The molecular formula is C17H29NO2. The average molecular weight is 279 g/mol. The molecule has 1 N–H and O–H groups in total. The minimum Gasteiger partial charge on any atom is -0.493 e.